The molecule has 0 radical (unpaired) electrons. The summed E-state index contributed by atoms with van der Waals surface area (Å²) in [5.74, 6) is 0.182. The van der Waals surface area contributed by atoms with Gasteiger partial charge in [0.15, 0.2) is 5.82 Å². The zero-order chi connectivity index (χ0) is 26.4. The van der Waals surface area contributed by atoms with Gasteiger partial charge in [-0.15, -0.1) is 4.91 Å². The van der Waals surface area contributed by atoms with Crippen molar-refractivity contribution in [1.29, 1.82) is 0 Å². The first-order valence-electron chi connectivity index (χ1n) is 12.5. The Labute approximate surface area is 214 Å². The van der Waals surface area contributed by atoms with Crippen LogP contribution in [0.2, 0.25) is 0 Å². The summed E-state index contributed by atoms with van der Waals surface area (Å²) < 4.78 is 6.53. The van der Waals surface area contributed by atoms with E-state index in [0.717, 1.165) is 44.3 Å². The zero-order valence-corrected chi connectivity index (χ0v) is 22.9. The van der Waals surface area contributed by atoms with Crippen LogP contribution in [-0.4, -0.2) is 10.6 Å². The lowest BCUT2D eigenvalue weighted by Gasteiger charge is -2.30. The maximum atomic E-state index is 11.5. The largest absolute Gasteiger partial charge is 0.368 e. The van der Waals surface area contributed by atoms with Gasteiger partial charge in [0.25, 0.3) is 0 Å². The molecule has 0 bridgehead atoms. The fourth-order valence-corrected chi connectivity index (χ4v) is 5.08. The molecular weight excluding hydrogens is 444 g/mol. The molecule has 3 aromatic carbocycles. The Kier molecular flexibility index (Phi) is 6.85. The van der Waals surface area contributed by atoms with Gasteiger partial charge in [0.2, 0.25) is 0 Å². The Hall–Kier alpha value is -3.37. The van der Waals surface area contributed by atoms with Crippen molar-refractivity contribution < 1.29 is 4.74 Å². The Morgan fingerprint density at radius 1 is 0.778 bits per heavy atom. The van der Waals surface area contributed by atoms with Crippen molar-refractivity contribution in [1.82, 2.24) is 4.98 Å². The van der Waals surface area contributed by atoms with Gasteiger partial charge in [-0.05, 0) is 130 Å². The zero-order valence-electron chi connectivity index (χ0n) is 22.9. The number of hydrogen-bond donors (Lipinski definition) is 0. The highest BCUT2D eigenvalue weighted by Crippen LogP contribution is 2.45. The molecule has 0 aliphatic carbocycles. The molecule has 0 fully saturated rings. The molecule has 1 atom stereocenters. The molecule has 1 heterocycles. The molecule has 0 aliphatic rings. The third kappa shape index (κ3) is 4.83. The molecule has 4 aromatic rings. The maximum Gasteiger partial charge on any atom is 0.197 e. The van der Waals surface area contributed by atoms with E-state index in [-0.39, 0.29) is 17.5 Å². The van der Waals surface area contributed by atoms with Crippen LogP contribution in [0.3, 0.4) is 0 Å². The Morgan fingerprint density at radius 3 is 1.83 bits per heavy atom. The van der Waals surface area contributed by atoms with Crippen molar-refractivity contribution in [3.8, 4) is 22.3 Å². The van der Waals surface area contributed by atoms with E-state index < -0.39 is 0 Å². The summed E-state index contributed by atoms with van der Waals surface area (Å²) in [4.78, 5) is 16.3. The molecule has 0 amide bonds. The van der Waals surface area contributed by atoms with Gasteiger partial charge in [-0.2, -0.15) is 0 Å². The van der Waals surface area contributed by atoms with Gasteiger partial charge in [0, 0.05) is 10.9 Å². The van der Waals surface area contributed by atoms with Crippen LogP contribution in [0.15, 0.2) is 53.7 Å². The van der Waals surface area contributed by atoms with E-state index in [2.05, 4.69) is 104 Å². The molecule has 0 aliphatic heterocycles. The SMILES string of the molecule is Cc1ccc(-c2c(C)c(-c3ccc(C)c(C)c3)c3nc(N=O)ccc3c2C(C)OC(C)(C)C)cc1C. The summed E-state index contributed by atoms with van der Waals surface area (Å²) in [6.07, 6.45) is -0.201. The molecule has 186 valence electrons. The summed E-state index contributed by atoms with van der Waals surface area (Å²) in [5, 5.41) is 4.14. The number of nitrogens with zero attached hydrogens (tertiary/aromatic N) is 2. The summed E-state index contributed by atoms with van der Waals surface area (Å²) in [7, 11) is 0. The minimum Gasteiger partial charge on any atom is -0.368 e. The van der Waals surface area contributed by atoms with Gasteiger partial charge in [-0.1, -0.05) is 36.4 Å². The molecule has 4 heteroatoms. The van der Waals surface area contributed by atoms with Crippen molar-refractivity contribution in [2.75, 3.05) is 0 Å². The van der Waals surface area contributed by atoms with E-state index >= 15 is 0 Å². The molecule has 4 nitrogen and oxygen atoms in total. The second kappa shape index (κ2) is 9.59. The highest BCUT2D eigenvalue weighted by Gasteiger charge is 2.27. The van der Waals surface area contributed by atoms with Crippen LogP contribution in [0.4, 0.5) is 5.82 Å². The van der Waals surface area contributed by atoms with Crippen LogP contribution < -0.4 is 0 Å². The Balaban J connectivity index is 2.20. The molecule has 36 heavy (non-hydrogen) atoms. The summed E-state index contributed by atoms with van der Waals surface area (Å²) in [6.45, 7) is 19.0. The van der Waals surface area contributed by atoms with E-state index in [1.807, 2.05) is 6.07 Å². The minimum atomic E-state index is -0.329. The van der Waals surface area contributed by atoms with E-state index in [0.29, 0.717) is 0 Å². The van der Waals surface area contributed by atoms with E-state index in [9.17, 15) is 4.91 Å². The number of aromatic nitrogens is 1. The van der Waals surface area contributed by atoms with Gasteiger partial charge < -0.3 is 4.74 Å². The number of nitroso groups, excluding NO2 is 1. The number of fused-ring (bicyclic) bond motifs is 1. The minimum absolute atomic E-state index is 0.182. The molecule has 1 aromatic heterocycles. The average molecular weight is 481 g/mol. The highest BCUT2D eigenvalue weighted by atomic mass is 16.5. The maximum absolute atomic E-state index is 11.5. The van der Waals surface area contributed by atoms with Crippen molar-refractivity contribution in [3.63, 3.8) is 0 Å². The predicted molar refractivity (Wildman–Crippen MR) is 151 cm³/mol. The van der Waals surface area contributed by atoms with Crippen LogP contribution in [-0.2, 0) is 4.74 Å². The van der Waals surface area contributed by atoms with Crippen LogP contribution in [0.5, 0.6) is 0 Å². The fraction of sp³-hybridized carbons (Fsp3) is 0.344. The molecule has 4 rings (SSSR count). The fourth-order valence-electron chi connectivity index (χ4n) is 5.08. The number of hydrogen-bond acceptors (Lipinski definition) is 4. The van der Waals surface area contributed by atoms with Gasteiger partial charge in [0.1, 0.15) is 0 Å². The second-order valence-corrected chi connectivity index (χ2v) is 10.9. The van der Waals surface area contributed by atoms with Crippen LogP contribution in [0, 0.1) is 39.5 Å². The predicted octanol–water partition coefficient (Wildman–Crippen LogP) is 9.38. The Morgan fingerprint density at radius 2 is 1.33 bits per heavy atom. The van der Waals surface area contributed by atoms with Gasteiger partial charge in [-0.25, -0.2) is 4.98 Å². The first-order chi connectivity index (χ1) is 16.9. The van der Waals surface area contributed by atoms with E-state index in [1.54, 1.807) is 6.07 Å². The lowest BCUT2D eigenvalue weighted by atomic mass is 9.83. The smallest absolute Gasteiger partial charge is 0.197 e. The molecular formula is C32H36N2O2. The van der Waals surface area contributed by atoms with Crippen molar-refractivity contribution in [2.24, 2.45) is 5.18 Å². The highest BCUT2D eigenvalue weighted by molar-refractivity contribution is 6.03. The molecule has 0 N–H and O–H groups in total. The van der Waals surface area contributed by atoms with Gasteiger partial charge in [0.05, 0.1) is 17.2 Å². The number of pyridine rings is 1. The van der Waals surface area contributed by atoms with Crippen LogP contribution in [0.1, 0.15) is 67.2 Å². The number of ether oxygens (including phenoxy) is 1. The molecule has 0 saturated heterocycles. The van der Waals surface area contributed by atoms with E-state index in [1.165, 1.54) is 22.3 Å². The molecule has 0 spiro atoms. The first-order valence-corrected chi connectivity index (χ1v) is 12.5. The van der Waals surface area contributed by atoms with Gasteiger partial charge >= 0.3 is 0 Å². The summed E-state index contributed by atoms with van der Waals surface area (Å²) >= 11 is 0. The Bertz CT molecular complexity index is 1480. The number of aryl methyl sites for hydroxylation is 4. The third-order valence-electron chi connectivity index (χ3n) is 7.05. The summed E-state index contributed by atoms with van der Waals surface area (Å²) in [6, 6.07) is 16.8. The number of rotatable bonds is 5. The van der Waals surface area contributed by atoms with Crippen LogP contribution in [0.25, 0.3) is 33.2 Å². The third-order valence-corrected chi connectivity index (χ3v) is 7.05. The average Bonchev–Trinajstić information content (AvgIpc) is 2.80. The van der Waals surface area contributed by atoms with E-state index in [4.69, 9.17) is 9.72 Å². The summed E-state index contributed by atoms with van der Waals surface area (Å²) in [5.41, 5.74) is 12.0. The van der Waals surface area contributed by atoms with Crippen molar-refractivity contribution in [3.05, 3.63) is 86.8 Å². The molecule has 1 unspecified atom stereocenters. The monoisotopic (exact) mass is 480 g/mol. The lowest BCUT2D eigenvalue weighted by Crippen LogP contribution is -2.22. The first kappa shape index (κ1) is 25.7. The molecule has 0 saturated carbocycles. The second-order valence-electron chi connectivity index (χ2n) is 10.9. The van der Waals surface area contributed by atoms with Gasteiger partial charge in [-0.3, -0.25) is 0 Å². The topological polar surface area (TPSA) is 51.5 Å². The van der Waals surface area contributed by atoms with Crippen LogP contribution >= 0.6 is 0 Å². The normalized spacial score (nSPS) is 12.7. The lowest BCUT2D eigenvalue weighted by molar-refractivity contribution is -0.0521. The quantitative estimate of drug-likeness (QED) is 0.267. The van der Waals surface area contributed by atoms with Crippen molar-refractivity contribution in [2.45, 2.75) is 74.0 Å². The number of benzene rings is 3. The van der Waals surface area contributed by atoms with Crippen molar-refractivity contribution >= 4 is 16.7 Å². The standard InChI is InChI=1S/C32H36N2O2/c1-18-10-12-24(16-20(18)3)28-22(5)29(25-13-11-19(2)21(4)17-25)31-26(14-15-27(33-31)34-35)30(28)23(6)36-32(7,8)9/h10-17,23H,1-9H3.